The minimum atomic E-state index is -0.915. The summed E-state index contributed by atoms with van der Waals surface area (Å²) in [6.45, 7) is 6.81. The molecule has 0 aliphatic carbocycles. The predicted octanol–water partition coefficient (Wildman–Crippen LogP) is 2.54. The lowest BCUT2D eigenvalue weighted by atomic mass is 9.94. The van der Waals surface area contributed by atoms with Gasteiger partial charge in [-0.15, -0.1) is 0 Å². The van der Waals surface area contributed by atoms with E-state index in [2.05, 4.69) is 22.2 Å². The Morgan fingerprint density at radius 1 is 1.43 bits per heavy atom. The van der Waals surface area contributed by atoms with Crippen LogP contribution in [0.25, 0.3) is 0 Å². The minimum absolute atomic E-state index is 0.295. The zero-order valence-electron chi connectivity index (χ0n) is 13.1. The predicted molar refractivity (Wildman–Crippen MR) is 84.0 cm³/mol. The van der Waals surface area contributed by atoms with Gasteiger partial charge in [0.05, 0.1) is 0 Å². The van der Waals surface area contributed by atoms with Gasteiger partial charge in [0.1, 0.15) is 11.4 Å². The van der Waals surface area contributed by atoms with Gasteiger partial charge in [-0.05, 0) is 70.8 Å². The first-order chi connectivity index (χ1) is 9.97. The number of nitrogens with one attached hydrogen (secondary N) is 1. The summed E-state index contributed by atoms with van der Waals surface area (Å²) in [6.07, 6.45) is 3.52. The molecule has 116 valence electrons. The van der Waals surface area contributed by atoms with E-state index in [4.69, 9.17) is 0 Å². The number of nitrogens with zero attached hydrogens (tertiary/aromatic N) is 2. The topological polar surface area (TPSA) is 65.5 Å². The van der Waals surface area contributed by atoms with Crippen LogP contribution in [-0.4, -0.2) is 47.6 Å². The lowest BCUT2D eigenvalue weighted by molar-refractivity contribution is 0.0697. The number of likely N-dealkylation sites (tertiary alicyclic amines) is 1. The van der Waals surface area contributed by atoms with E-state index in [-0.39, 0.29) is 0 Å². The van der Waals surface area contributed by atoms with Crippen LogP contribution in [-0.2, 0) is 0 Å². The molecule has 0 saturated carbocycles. The molecule has 0 radical (unpaired) electrons. The van der Waals surface area contributed by atoms with Crippen LogP contribution in [0.4, 0.5) is 5.82 Å². The van der Waals surface area contributed by atoms with Crippen molar-refractivity contribution in [2.75, 3.05) is 32.0 Å². The van der Waals surface area contributed by atoms with Crippen LogP contribution in [0.15, 0.2) is 6.07 Å². The zero-order valence-corrected chi connectivity index (χ0v) is 13.1. The molecule has 0 spiro atoms. The molecule has 0 atom stereocenters. The lowest BCUT2D eigenvalue weighted by Gasteiger charge is -2.29. The molecule has 1 aromatic heterocycles. The van der Waals surface area contributed by atoms with Crippen LogP contribution in [0.3, 0.4) is 0 Å². The van der Waals surface area contributed by atoms with Crippen molar-refractivity contribution in [3.05, 3.63) is 22.9 Å². The fourth-order valence-corrected chi connectivity index (χ4v) is 2.98. The monoisotopic (exact) mass is 291 g/mol. The van der Waals surface area contributed by atoms with Crippen molar-refractivity contribution in [2.24, 2.45) is 5.92 Å². The van der Waals surface area contributed by atoms with Gasteiger partial charge in [0.15, 0.2) is 0 Å². The van der Waals surface area contributed by atoms with Crippen molar-refractivity contribution < 1.29 is 9.90 Å². The van der Waals surface area contributed by atoms with Gasteiger partial charge in [0, 0.05) is 12.2 Å². The molecule has 5 nitrogen and oxygen atoms in total. The number of carbonyl (C=O) groups is 1. The standard InChI is InChI=1S/C16H25N3O2/c1-11-10-12(2)18-15(14(11)16(20)21)17-7-4-13-5-8-19(3)9-6-13/h10,13H,4-9H2,1-3H3,(H,17,18)(H,20,21). The summed E-state index contributed by atoms with van der Waals surface area (Å²) in [7, 11) is 2.16. The van der Waals surface area contributed by atoms with Crippen LogP contribution in [0.2, 0.25) is 0 Å². The lowest BCUT2D eigenvalue weighted by Crippen LogP contribution is -2.31. The molecule has 5 heteroatoms. The third-order valence-corrected chi connectivity index (χ3v) is 4.24. The summed E-state index contributed by atoms with van der Waals surface area (Å²) in [5, 5.41) is 12.6. The number of pyridine rings is 1. The molecule has 0 aromatic carbocycles. The van der Waals surface area contributed by atoms with Crippen LogP contribution < -0.4 is 5.32 Å². The fraction of sp³-hybridized carbons (Fsp3) is 0.625. The summed E-state index contributed by atoms with van der Waals surface area (Å²) in [5.74, 6) is 0.322. The van der Waals surface area contributed by atoms with Gasteiger partial charge in [0.2, 0.25) is 0 Å². The summed E-state index contributed by atoms with van der Waals surface area (Å²) in [6, 6.07) is 1.81. The van der Waals surface area contributed by atoms with Crippen LogP contribution in [0.5, 0.6) is 0 Å². The van der Waals surface area contributed by atoms with Crippen molar-refractivity contribution in [1.29, 1.82) is 0 Å². The molecule has 2 heterocycles. The number of piperidine rings is 1. The highest BCUT2D eigenvalue weighted by Gasteiger charge is 2.18. The number of hydrogen-bond donors (Lipinski definition) is 2. The van der Waals surface area contributed by atoms with E-state index in [0.717, 1.165) is 43.2 Å². The van der Waals surface area contributed by atoms with Crippen LogP contribution in [0.1, 0.15) is 40.9 Å². The summed E-state index contributed by atoms with van der Waals surface area (Å²) in [4.78, 5) is 18.1. The van der Waals surface area contributed by atoms with Crippen LogP contribution in [0, 0.1) is 19.8 Å². The maximum Gasteiger partial charge on any atom is 0.339 e. The molecular weight excluding hydrogens is 266 g/mol. The third-order valence-electron chi connectivity index (χ3n) is 4.24. The third kappa shape index (κ3) is 4.17. The normalized spacial score (nSPS) is 16.9. The number of rotatable bonds is 5. The zero-order chi connectivity index (χ0) is 15.4. The number of carboxylic acids is 1. The second-order valence-corrected chi connectivity index (χ2v) is 6.07. The fourth-order valence-electron chi connectivity index (χ4n) is 2.98. The Kier molecular flexibility index (Phi) is 5.17. The number of aromatic nitrogens is 1. The second-order valence-electron chi connectivity index (χ2n) is 6.07. The molecule has 2 rings (SSSR count). The second kappa shape index (κ2) is 6.89. The van der Waals surface area contributed by atoms with Crippen molar-refractivity contribution in [3.63, 3.8) is 0 Å². The molecule has 0 unspecified atom stereocenters. The van der Waals surface area contributed by atoms with E-state index in [1.807, 2.05) is 19.9 Å². The number of anilines is 1. The van der Waals surface area contributed by atoms with Crippen molar-refractivity contribution in [1.82, 2.24) is 9.88 Å². The Bertz CT molecular complexity index is 508. The van der Waals surface area contributed by atoms with E-state index in [0.29, 0.717) is 11.4 Å². The summed E-state index contributed by atoms with van der Waals surface area (Å²) >= 11 is 0. The van der Waals surface area contributed by atoms with Gasteiger partial charge in [-0.1, -0.05) is 0 Å². The van der Waals surface area contributed by atoms with Gasteiger partial charge in [-0.25, -0.2) is 9.78 Å². The highest BCUT2D eigenvalue weighted by atomic mass is 16.4. The number of aryl methyl sites for hydroxylation is 2. The molecular formula is C16H25N3O2. The van der Waals surface area contributed by atoms with Gasteiger partial charge >= 0.3 is 5.97 Å². The van der Waals surface area contributed by atoms with Gasteiger partial charge in [-0.2, -0.15) is 0 Å². The minimum Gasteiger partial charge on any atom is -0.478 e. The van der Waals surface area contributed by atoms with E-state index in [1.54, 1.807) is 0 Å². The van der Waals surface area contributed by atoms with Crippen LogP contribution >= 0.6 is 0 Å². The Labute approximate surface area is 126 Å². The molecule has 2 N–H and O–H groups in total. The molecule has 1 aliphatic rings. The molecule has 1 fully saturated rings. The highest BCUT2D eigenvalue weighted by Crippen LogP contribution is 2.22. The maximum atomic E-state index is 11.4. The first-order valence-corrected chi connectivity index (χ1v) is 7.61. The number of carboxylic acid groups (broad SMARTS) is 1. The van der Waals surface area contributed by atoms with Gasteiger partial charge in [-0.3, -0.25) is 0 Å². The summed E-state index contributed by atoms with van der Waals surface area (Å²) in [5.41, 5.74) is 1.90. The van der Waals surface area contributed by atoms with E-state index in [9.17, 15) is 9.90 Å². The van der Waals surface area contributed by atoms with E-state index >= 15 is 0 Å². The van der Waals surface area contributed by atoms with Gasteiger partial charge < -0.3 is 15.3 Å². The highest BCUT2D eigenvalue weighted by molar-refractivity contribution is 5.94. The average Bonchev–Trinajstić information content (AvgIpc) is 2.39. The smallest absolute Gasteiger partial charge is 0.339 e. The van der Waals surface area contributed by atoms with Crippen molar-refractivity contribution in [2.45, 2.75) is 33.1 Å². The Morgan fingerprint density at radius 3 is 2.71 bits per heavy atom. The average molecular weight is 291 g/mol. The van der Waals surface area contributed by atoms with Gasteiger partial charge in [0.25, 0.3) is 0 Å². The Balaban J connectivity index is 1.95. The Hall–Kier alpha value is -1.62. The van der Waals surface area contributed by atoms with Crippen molar-refractivity contribution in [3.8, 4) is 0 Å². The molecule has 1 aliphatic heterocycles. The number of aromatic carboxylic acids is 1. The molecule has 0 amide bonds. The molecule has 0 bridgehead atoms. The number of hydrogen-bond acceptors (Lipinski definition) is 4. The van der Waals surface area contributed by atoms with E-state index < -0.39 is 5.97 Å². The molecule has 21 heavy (non-hydrogen) atoms. The van der Waals surface area contributed by atoms with Crippen molar-refractivity contribution >= 4 is 11.8 Å². The largest absolute Gasteiger partial charge is 0.478 e. The van der Waals surface area contributed by atoms with E-state index in [1.165, 1.54) is 12.8 Å². The summed E-state index contributed by atoms with van der Waals surface area (Å²) < 4.78 is 0. The maximum absolute atomic E-state index is 11.4. The quantitative estimate of drug-likeness (QED) is 0.872. The Morgan fingerprint density at radius 2 is 2.10 bits per heavy atom. The molecule has 1 saturated heterocycles. The molecule has 1 aromatic rings. The first kappa shape index (κ1) is 15.8. The SMILES string of the molecule is Cc1cc(C)c(C(=O)O)c(NCCC2CCN(C)CC2)n1. The first-order valence-electron chi connectivity index (χ1n) is 7.61.